The number of nitrogens with one attached hydrogen (secondary N) is 2. The third-order valence-corrected chi connectivity index (χ3v) is 4.10. The van der Waals surface area contributed by atoms with E-state index in [9.17, 15) is 8.42 Å². The maximum Gasteiger partial charge on any atom is 0.213 e. The number of sulfonamides is 1. The quantitative estimate of drug-likeness (QED) is 0.716. The molecule has 0 aliphatic heterocycles. The second kappa shape index (κ2) is 5.81. The van der Waals surface area contributed by atoms with Crippen LogP contribution in [0.2, 0.25) is 0 Å². The van der Waals surface area contributed by atoms with E-state index in [1.165, 1.54) is 0 Å². The molecule has 18 heavy (non-hydrogen) atoms. The average Bonchev–Trinajstić information content (AvgIpc) is 3.03. The van der Waals surface area contributed by atoms with Crippen molar-refractivity contribution >= 4 is 10.0 Å². The molecule has 2 rings (SSSR count). The van der Waals surface area contributed by atoms with Crippen molar-refractivity contribution in [3.05, 3.63) is 17.8 Å². The minimum Gasteiger partial charge on any atom is -0.444 e. The summed E-state index contributed by atoms with van der Waals surface area (Å²) in [6.45, 7) is 2.57. The monoisotopic (exact) mass is 273 g/mol. The van der Waals surface area contributed by atoms with Crippen molar-refractivity contribution in [3.63, 3.8) is 0 Å². The van der Waals surface area contributed by atoms with Crippen molar-refractivity contribution in [2.75, 3.05) is 12.3 Å². The first-order valence-electron chi connectivity index (χ1n) is 6.23. The van der Waals surface area contributed by atoms with Crippen LogP contribution in [0.25, 0.3) is 0 Å². The molecule has 1 fully saturated rings. The summed E-state index contributed by atoms with van der Waals surface area (Å²) in [7, 11) is -3.26. The fourth-order valence-corrected chi connectivity index (χ4v) is 2.40. The molecule has 1 aliphatic rings. The lowest BCUT2D eigenvalue weighted by Crippen LogP contribution is -2.32. The Morgan fingerprint density at radius 1 is 1.50 bits per heavy atom. The largest absolute Gasteiger partial charge is 0.444 e. The van der Waals surface area contributed by atoms with E-state index >= 15 is 0 Å². The molecule has 1 aromatic heterocycles. The molecule has 102 valence electrons. The van der Waals surface area contributed by atoms with Crippen LogP contribution in [0.3, 0.4) is 0 Å². The molecule has 0 saturated heterocycles. The topological polar surface area (TPSA) is 84.2 Å². The summed E-state index contributed by atoms with van der Waals surface area (Å²) in [5.74, 6) is 1.26. The molecule has 0 unspecified atom stereocenters. The maximum atomic E-state index is 11.7. The second-order valence-corrected chi connectivity index (χ2v) is 6.37. The van der Waals surface area contributed by atoms with Crippen molar-refractivity contribution in [2.24, 2.45) is 0 Å². The van der Waals surface area contributed by atoms with Gasteiger partial charge >= 0.3 is 0 Å². The van der Waals surface area contributed by atoms with Gasteiger partial charge in [-0.05, 0) is 12.8 Å². The molecule has 0 aromatic carbocycles. The van der Waals surface area contributed by atoms with Crippen LogP contribution < -0.4 is 10.0 Å². The Labute approximate surface area is 107 Å². The Morgan fingerprint density at radius 2 is 2.28 bits per heavy atom. The summed E-state index contributed by atoms with van der Waals surface area (Å²) in [6, 6.07) is 0.527. The Hall–Kier alpha value is -0.920. The van der Waals surface area contributed by atoms with Gasteiger partial charge in [0.15, 0.2) is 0 Å². The van der Waals surface area contributed by atoms with Gasteiger partial charge in [0, 0.05) is 19.0 Å². The summed E-state index contributed by atoms with van der Waals surface area (Å²) in [5.41, 5.74) is 0. The molecule has 1 heterocycles. The van der Waals surface area contributed by atoms with Crippen LogP contribution in [-0.2, 0) is 23.0 Å². The van der Waals surface area contributed by atoms with Crippen LogP contribution in [-0.4, -0.2) is 31.7 Å². The van der Waals surface area contributed by atoms with Crippen LogP contribution in [0, 0.1) is 0 Å². The van der Waals surface area contributed by atoms with Gasteiger partial charge in [0.2, 0.25) is 15.9 Å². The Balaban J connectivity index is 1.72. The zero-order chi connectivity index (χ0) is 13.0. The van der Waals surface area contributed by atoms with Crippen molar-refractivity contribution in [2.45, 2.75) is 38.8 Å². The molecule has 0 atom stereocenters. The van der Waals surface area contributed by atoms with Crippen LogP contribution in [0.5, 0.6) is 0 Å². The highest BCUT2D eigenvalue weighted by Crippen LogP contribution is 2.18. The Bertz CT molecular complexity index is 479. The van der Waals surface area contributed by atoms with Crippen molar-refractivity contribution in [3.8, 4) is 0 Å². The first kappa shape index (κ1) is 13.5. The third-order valence-electron chi connectivity index (χ3n) is 2.77. The minimum atomic E-state index is -3.26. The molecular weight excluding hydrogens is 254 g/mol. The van der Waals surface area contributed by atoms with E-state index in [1.807, 2.05) is 6.92 Å². The maximum absolute atomic E-state index is 11.7. The average molecular weight is 273 g/mol. The molecule has 1 saturated carbocycles. The molecule has 2 N–H and O–H groups in total. The molecule has 0 bridgehead atoms. The zero-order valence-corrected chi connectivity index (χ0v) is 11.3. The third kappa shape index (κ3) is 4.40. The molecule has 0 amide bonds. The number of rotatable bonds is 8. The smallest absolute Gasteiger partial charge is 0.213 e. The number of hydrogen-bond donors (Lipinski definition) is 2. The second-order valence-electron chi connectivity index (χ2n) is 4.44. The van der Waals surface area contributed by atoms with E-state index in [0.717, 1.165) is 25.0 Å². The lowest BCUT2D eigenvalue weighted by atomic mass is 10.4. The Kier molecular flexibility index (Phi) is 4.36. The summed E-state index contributed by atoms with van der Waals surface area (Å²) in [5, 5.41) is 3.17. The van der Waals surface area contributed by atoms with Gasteiger partial charge < -0.3 is 9.73 Å². The highest BCUT2D eigenvalue weighted by atomic mass is 32.2. The number of hydrogen-bond acceptors (Lipinski definition) is 5. The molecule has 1 aliphatic carbocycles. The normalized spacial score (nSPS) is 16.1. The molecule has 0 radical (unpaired) electrons. The van der Waals surface area contributed by atoms with E-state index in [0.29, 0.717) is 18.5 Å². The summed E-state index contributed by atoms with van der Waals surface area (Å²) >= 11 is 0. The number of nitrogens with zero attached hydrogens (tertiary/aromatic N) is 1. The van der Waals surface area contributed by atoms with Crippen LogP contribution >= 0.6 is 0 Å². The standard InChI is InChI=1S/C11H19N3O3S/c1-2-10-7-13-11(17-10)8-14-18(15,16)6-5-12-9-3-4-9/h7,9,12,14H,2-6,8H2,1H3. The van der Waals surface area contributed by atoms with Gasteiger partial charge in [-0.15, -0.1) is 0 Å². The summed E-state index contributed by atoms with van der Waals surface area (Å²) in [6.07, 6.45) is 4.69. The van der Waals surface area contributed by atoms with Crippen LogP contribution in [0.4, 0.5) is 0 Å². The molecular formula is C11H19N3O3S. The predicted molar refractivity (Wildman–Crippen MR) is 67.5 cm³/mol. The van der Waals surface area contributed by atoms with Gasteiger partial charge in [-0.2, -0.15) is 0 Å². The van der Waals surface area contributed by atoms with E-state index in [4.69, 9.17) is 4.42 Å². The highest BCUT2D eigenvalue weighted by molar-refractivity contribution is 7.89. The van der Waals surface area contributed by atoms with Crippen LogP contribution in [0.15, 0.2) is 10.6 Å². The number of aromatic nitrogens is 1. The first-order chi connectivity index (χ1) is 8.59. The lowest BCUT2D eigenvalue weighted by molar-refractivity contribution is 0.452. The lowest BCUT2D eigenvalue weighted by Gasteiger charge is -2.05. The van der Waals surface area contributed by atoms with E-state index in [-0.39, 0.29) is 12.3 Å². The molecule has 1 aromatic rings. The zero-order valence-electron chi connectivity index (χ0n) is 10.5. The van der Waals surface area contributed by atoms with Crippen molar-refractivity contribution in [1.29, 1.82) is 0 Å². The molecule has 7 heteroatoms. The predicted octanol–water partition coefficient (Wildman–Crippen LogP) is 0.408. The van der Waals surface area contributed by atoms with Gasteiger partial charge in [-0.3, -0.25) is 0 Å². The molecule has 6 nitrogen and oxygen atoms in total. The van der Waals surface area contributed by atoms with Crippen LogP contribution in [0.1, 0.15) is 31.4 Å². The van der Waals surface area contributed by atoms with E-state index < -0.39 is 10.0 Å². The summed E-state index contributed by atoms with van der Waals surface area (Å²) in [4.78, 5) is 4.00. The van der Waals surface area contributed by atoms with E-state index in [1.54, 1.807) is 6.20 Å². The van der Waals surface area contributed by atoms with Gasteiger partial charge in [-0.25, -0.2) is 18.1 Å². The summed E-state index contributed by atoms with van der Waals surface area (Å²) < 4.78 is 31.1. The van der Waals surface area contributed by atoms with Gasteiger partial charge in [-0.1, -0.05) is 6.92 Å². The SMILES string of the molecule is CCc1cnc(CNS(=O)(=O)CCNC2CC2)o1. The minimum absolute atomic E-state index is 0.0881. The van der Waals surface area contributed by atoms with Gasteiger partial charge in [0.05, 0.1) is 18.5 Å². The van der Waals surface area contributed by atoms with Gasteiger partial charge in [0.25, 0.3) is 0 Å². The Morgan fingerprint density at radius 3 is 2.89 bits per heavy atom. The fraction of sp³-hybridized carbons (Fsp3) is 0.727. The fourth-order valence-electron chi connectivity index (χ4n) is 1.52. The van der Waals surface area contributed by atoms with Gasteiger partial charge in [0.1, 0.15) is 5.76 Å². The van der Waals surface area contributed by atoms with Crippen molar-refractivity contribution < 1.29 is 12.8 Å². The molecule has 0 spiro atoms. The highest BCUT2D eigenvalue weighted by Gasteiger charge is 2.21. The number of aryl methyl sites for hydroxylation is 1. The first-order valence-corrected chi connectivity index (χ1v) is 7.88. The van der Waals surface area contributed by atoms with Crippen molar-refractivity contribution in [1.82, 2.24) is 15.0 Å². The number of oxazole rings is 1. The van der Waals surface area contributed by atoms with E-state index in [2.05, 4.69) is 15.0 Å².